The summed E-state index contributed by atoms with van der Waals surface area (Å²) in [6, 6.07) is 16.2. The molecular weight excluding hydrogens is 260 g/mol. The number of hydrogen-bond donors (Lipinski definition) is 1. The lowest BCUT2D eigenvalue weighted by Gasteiger charge is -2.32. The Hall–Kier alpha value is -1.84. The Labute approximate surface area is 126 Å². The quantitative estimate of drug-likeness (QED) is 0.938. The normalized spacial score (nSPS) is 17.0. The van der Waals surface area contributed by atoms with Gasteiger partial charge in [-0.2, -0.15) is 0 Å². The molecule has 3 rings (SSSR count). The smallest absolute Gasteiger partial charge is 0.120 e. The monoisotopic (exact) mass is 282 g/mol. The molecule has 2 aromatic carbocycles. The van der Waals surface area contributed by atoms with Gasteiger partial charge in [0.15, 0.2) is 0 Å². The molecule has 0 saturated carbocycles. The fourth-order valence-electron chi connectivity index (χ4n) is 2.77. The average Bonchev–Trinajstić information content (AvgIpc) is 2.52. The maximum atomic E-state index is 10.1. The molecule has 1 saturated heterocycles. The number of nitrogens with zero attached hydrogens (tertiary/aromatic N) is 2. The molecule has 0 spiro atoms. The molecular formula is C18H22N2O. The minimum absolute atomic E-state index is 0.397. The summed E-state index contributed by atoms with van der Waals surface area (Å²) in [5.74, 6) is 0.397. The van der Waals surface area contributed by atoms with Crippen LogP contribution >= 0.6 is 0 Å². The van der Waals surface area contributed by atoms with E-state index in [9.17, 15) is 5.11 Å². The van der Waals surface area contributed by atoms with Gasteiger partial charge in [0, 0.05) is 38.3 Å². The van der Waals surface area contributed by atoms with E-state index < -0.39 is 0 Å². The number of phenolic OH excluding ortho intramolecular Hbond substituents is 1. The van der Waals surface area contributed by atoms with Crippen molar-refractivity contribution in [3.05, 3.63) is 54.1 Å². The van der Waals surface area contributed by atoms with Crippen molar-refractivity contribution in [1.29, 1.82) is 0 Å². The largest absolute Gasteiger partial charge is 0.508 e. The molecule has 21 heavy (non-hydrogen) atoms. The van der Waals surface area contributed by atoms with Gasteiger partial charge < -0.3 is 10.0 Å². The van der Waals surface area contributed by atoms with Crippen molar-refractivity contribution in [2.45, 2.75) is 6.54 Å². The van der Waals surface area contributed by atoms with Gasteiger partial charge in [0.2, 0.25) is 0 Å². The maximum absolute atomic E-state index is 10.1. The van der Waals surface area contributed by atoms with E-state index in [-0.39, 0.29) is 0 Å². The Morgan fingerprint density at radius 1 is 0.905 bits per heavy atom. The van der Waals surface area contributed by atoms with Crippen molar-refractivity contribution in [3.63, 3.8) is 0 Å². The molecule has 3 heteroatoms. The van der Waals surface area contributed by atoms with Gasteiger partial charge in [-0.3, -0.25) is 4.90 Å². The van der Waals surface area contributed by atoms with Crippen LogP contribution in [-0.2, 0) is 6.54 Å². The van der Waals surface area contributed by atoms with Crippen molar-refractivity contribution >= 4 is 0 Å². The Kier molecular flexibility index (Phi) is 4.23. The lowest BCUT2D eigenvalue weighted by atomic mass is 10.0. The second-order valence-electron chi connectivity index (χ2n) is 5.79. The number of benzene rings is 2. The molecule has 0 radical (unpaired) electrons. The van der Waals surface area contributed by atoms with Crippen molar-refractivity contribution < 1.29 is 5.11 Å². The highest BCUT2D eigenvalue weighted by Gasteiger charge is 2.15. The summed E-state index contributed by atoms with van der Waals surface area (Å²) in [5.41, 5.74) is 3.37. The first kappa shape index (κ1) is 14.1. The summed E-state index contributed by atoms with van der Waals surface area (Å²) in [7, 11) is 2.16. The zero-order valence-corrected chi connectivity index (χ0v) is 12.5. The van der Waals surface area contributed by atoms with E-state index in [1.54, 1.807) is 0 Å². The predicted molar refractivity (Wildman–Crippen MR) is 86.3 cm³/mol. The zero-order chi connectivity index (χ0) is 14.7. The van der Waals surface area contributed by atoms with E-state index in [0.717, 1.165) is 43.9 Å². The van der Waals surface area contributed by atoms with E-state index in [4.69, 9.17) is 0 Å². The molecule has 3 nitrogen and oxygen atoms in total. The second-order valence-corrected chi connectivity index (χ2v) is 5.79. The number of phenols is 1. The van der Waals surface area contributed by atoms with E-state index in [1.165, 1.54) is 5.56 Å². The summed E-state index contributed by atoms with van der Waals surface area (Å²) in [4.78, 5) is 4.75. The molecule has 0 bridgehead atoms. The third kappa shape index (κ3) is 3.43. The molecule has 1 fully saturated rings. The first-order valence-corrected chi connectivity index (χ1v) is 7.50. The number of aromatic hydroxyl groups is 1. The van der Waals surface area contributed by atoms with Crippen LogP contribution in [0.5, 0.6) is 5.75 Å². The van der Waals surface area contributed by atoms with Crippen LogP contribution in [0.4, 0.5) is 0 Å². The van der Waals surface area contributed by atoms with Gasteiger partial charge in [-0.15, -0.1) is 0 Å². The number of hydrogen-bond acceptors (Lipinski definition) is 3. The predicted octanol–water partition coefficient (Wildman–Crippen LogP) is 2.81. The van der Waals surface area contributed by atoms with Crippen LogP contribution in [0.2, 0.25) is 0 Å². The van der Waals surface area contributed by atoms with Gasteiger partial charge in [-0.05, 0) is 30.3 Å². The van der Waals surface area contributed by atoms with Crippen LogP contribution < -0.4 is 0 Å². The highest BCUT2D eigenvalue weighted by atomic mass is 16.3. The van der Waals surface area contributed by atoms with Gasteiger partial charge in [0.25, 0.3) is 0 Å². The number of piperazine rings is 1. The van der Waals surface area contributed by atoms with Crippen LogP contribution in [0.1, 0.15) is 5.56 Å². The Balaban J connectivity index is 1.79. The second kappa shape index (κ2) is 6.29. The molecule has 1 aliphatic heterocycles. The molecule has 1 N–H and O–H groups in total. The standard InChI is InChI=1S/C18H22N2O/c1-19-9-11-20(12-10-19)14-17-13-16(7-8-18(17)21)15-5-3-2-4-6-15/h2-8,13,21H,9-12,14H2,1H3. The summed E-state index contributed by atoms with van der Waals surface area (Å²) >= 11 is 0. The lowest BCUT2D eigenvalue weighted by molar-refractivity contribution is 0.147. The van der Waals surface area contributed by atoms with Gasteiger partial charge >= 0.3 is 0 Å². The van der Waals surface area contributed by atoms with E-state index in [2.05, 4.69) is 35.0 Å². The SMILES string of the molecule is CN1CCN(Cc2cc(-c3ccccc3)ccc2O)CC1. The fraction of sp³-hybridized carbons (Fsp3) is 0.333. The molecule has 0 aromatic heterocycles. The lowest BCUT2D eigenvalue weighted by Crippen LogP contribution is -2.43. The van der Waals surface area contributed by atoms with Crippen LogP contribution in [0, 0.1) is 0 Å². The first-order chi connectivity index (χ1) is 10.2. The number of rotatable bonds is 3. The van der Waals surface area contributed by atoms with Crippen molar-refractivity contribution in [3.8, 4) is 16.9 Å². The van der Waals surface area contributed by atoms with E-state index in [1.807, 2.05) is 30.3 Å². The third-order valence-electron chi connectivity index (χ3n) is 4.18. The Morgan fingerprint density at radius 3 is 2.33 bits per heavy atom. The van der Waals surface area contributed by atoms with Gasteiger partial charge in [-0.25, -0.2) is 0 Å². The van der Waals surface area contributed by atoms with Gasteiger partial charge in [-0.1, -0.05) is 36.4 Å². The third-order valence-corrected chi connectivity index (χ3v) is 4.18. The van der Waals surface area contributed by atoms with Crippen LogP contribution in [0.25, 0.3) is 11.1 Å². The van der Waals surface area contributed by atoms with Crippen LogP contribution in [0.3, 0.4) is 0 Å². The fourth-order valence-corrected chi connectivity index (χ4v) is 2.77. The molecule has 1 aliphatic rings. The highest BCUT2D eigenvalue weighted by molar-refractivity contribution is 5.65. The summed E-state index contributed by atoms with van der Waals surface area (Å²) in [6.07, 6.45) is 0. The molecule has 0 atom stereocenters. The van der Waals surface area contributed by atoms with Crippen molar-refractivity contribution in [1.82, 2.24) is 9.80 Å². The maximum Gasteiger partial charge on any atom is 0.120 e. The molecule has 2 aromatic rings. The summed E-state index contributed by atoms with van der Waals surface area (Å²) in [6.45, 7) is 5.13. The summed E-state index contributed by atoms with van der Waals surface area (Å²) < 4.78 is 0. The van der Waals surface area contributed by atoms with Crippen molar-refractivity contribution in [2.75, 3.05) is 33.2 Å². The highest BCUT2D eigenvalue weighted by Crippen LogP contribution is 2.27. The molecule has 1 heterocycles. The van der Waals surface area contributed by atoms with Crippen LogP contribution in [-0.4, -0.2) is 48.1 Å². The zero-order valence-electron chi connectivity index (χ0n) is 12.5. The minimum Gasteiger partial charge on any atom is -0.508 e. The summed E-state index contributed by atoms with van der Waals surface area (Å²) in [5, 5.41) is 10.1. The molecule has 110 valence electrons. The molecule has 0 unspecified atom stereocenters. The molecule has 0 aliphatic carbocycles. The number of likely N-dealkylation sites (N-methyl/N-ethyl adjacent to an activating group) is 1. The van der Waals surface area contributed by atoms with E-state index in [0.29, 0.717) is 5.75 Å². The topological polar surface area (TPSA) is 26.7 Å². The van der Waals surface area contributed by atoms with Gasteiger partial charge in [0.1, 0.15) is 5.75 Å². The average molecular weight is 282 g/mol. The van der Waals surface area contributed by atoms with E-state index >= 15 is 0 Å². The molecule has 0 amide bonds. The van der Waals surface area contributed by atoms with Crippen LogP contribution in [0.15, 0.2) is 48.5 Å². The minimum atomic E-state index is 0.397. The van der Waals surface area contributed by atoms with Crippen molar-refractivity contribution in [2.24, 2.45) is 0 Å². The Bertz CT molecular complexity index is 589. The first-order valence-electron chi connectivity index (χ1n) is 7.50. The Morgan fingerprint density at radius 2 is 1.62 bits per heavy atom. The van der Waals surface area contributed by atoms with Gasteiger partial charge in [0.05, 0.1) is 0 Å².